The summed E-state index contributed by atoms with van der Waals surface area (Å²) in [6.45, 7) is 9.06. The lowest BCUT2D eigenvalue weighted by atomic mass is 10.00. The largest absolute Gasteiger partial charge is 0.370 e. The number of rotatable bonds is 4. The number of likely N-dealkylation sites (tertiary alicyclic amines) is 1. The topological polar surface area (TPSA) is 67.6 Å². The van der Waals surface area contributed by atoms with E-state index in [9.17, 15) is 0 Å². The number of piperidine rings is 1. The van der Waals surface area contributed by atoms with Gasteiger partial charge in [-0.2, -0.15) is 0 Å². The van der Waals surface area contributed by atoms with Crippen LogP contribution in [-0.4, -0.2) is 29.1 Å². The Morgan fingerprint density at radius 2 is 2.05 bits per heavy atom. The van der Waals surface area contributed by atoms with Crippen molar-refractivity contribution in [3.63, 3.8) is 0 Å². The van der Waals surface area contributed by atoms with Crippen molar-refractivity contribution in [2.45, 2.75) is 53.0 Å². The first kappa shape index (κ1) is 14.9. The normalized spacial score (nSPS) is 17.8. The number of aromatic nitrogens is 1. The molecular weight excluding hydrogens is 252 g/mol. The van der Waals surface area contributed by atoms with Gasteiger partial charge < -0.3 is 15.2 Å². The smallest absolute Gasteiger partial charge is 0.191 e. The predicted molar refractivity (Wildman–Crippen MR) is 80.6 cm³/mol. The second-order valence-electron chi connectivity index (χ2n) is 5.58. The minimum Gasteiger partial charge on any atom is -0.370 e. The zero-order valence-corrected chi connectivity index (χ0v) is 12.9. The van der Waals surface area contributed by atoms with Crippen molar-refractivity contribution >= 4 is 5.96 Å². The Morgan fingerprint density at radius 3 is 2.65 bits per heavy atom. The van der Waals surface area contributed by atoms with Crippen LogP contribution in [0.3, 0.4) is 0 Å². The molecule has 0 bridgehead atoms. The van der Waals surface area contributed by atoms with Crippen LogP contribution in [-0.2, 0) is 19.4 Å². The Balaban J connectivity index is 2.03. The van der Waals surface area contributed by atoms with Crippen molar-refractivity contribution in [2.75, 3.05) is 13.1 Å². The van der Waals surface area contributed by atoms with Gasteiger partial charge in [0.2, 0.25) is 0 Å². The molecule has 0 aromatic carbocycles. The standard InChI is InChI=1S/C15H26N4O/c1-4-13-12(14(5-2)20-18-13)10-17-15(16)19-8-6-11(3)7-9-19/h11H,4-10H2,1-3H3,(H2,16,17). The third kappa shape index (κ3) is 3.32. The molecule has 1 saturated heterocycles. The summed E-state index contributed by atoms with van der Waals surface area (Å²) in [5, 5.41) is 4.11. The van der Waals surface area contributed by atoms with E-state index in [1.165, 1.54) is 12.8 Å². The summed E-state index contributed by atoms with van der Waals surface area (Å²) in [6, 6.07) is 0. The second-order valence-corrected chi connectivity index (χ2v) is 5.58. The highest BCUT2D eigenvalue weighted by Gasteiger charge is 2.18. The molecule has 0 saturated carbocycles. The highest BCUT2D eigenvalue weighted by Crippen LogP contribution is 2.18. The summed E-state index contributed by atoms with van der Waals surface area (Å²) in [4.78, 5) is 6.74. The molecule has 20 heavy (non-hydrogen) atoms. The van der Waals surface area contributed by atoms with Gasteiger partial charge in [-0.15, -0.1) is 0 Å². The van der Waals surface area contributed by atoms with Gasteiger partial charge in [-0.25, -0.2) is 4.99 Å². The highest BCUT2D eigenvalue weighted by molar-refractivity contribution is 5.78. The van der Waals surface area contributed by atoms with E-state index < -0.39 is 0 Å². The summed E-state index contributed by atoms with van der Waals surface area (Å²) < 4.78 is 5.35. The Labute approximate surface area is 121 Å². The fourth-order valence-electron chi connectivity index (χ4n) is 2.61. The van der Waals surface area contributed by atoms with Gasteiger partial charge in [-0.1, -0.05) is 25.9 Å². The van der Waals surface area contributed by atoms with Crippen LogP contribution in [0.1, 0.15) is 50.6 Å². The maximum absolute atomic E-state index is 6.12. The molecule has 0 aliphatic carbocycles. The summed E-state index contributed by atoms with van der Waals surface area (Å²) in [6.07, 6.45) is 4.11. The van der Waals surface area contributed by atoms with Crippen LogP contribution in [0.25, 0.3) is 0 Å². The summed E-state index contributed by atoms with van der Waals surface area (Å²) >= 11 is 0. The molecule has 2 N–H and O–H groups in total. The van der Waals surface area contributed by atoms with Crippen LogP contribution >= 0.6 is 0 Å². The highest BCUT2D eigenvalue weighted by atomic mass is 16.5. The quantitative estimate of drug-likeness (QED) is 0.678. The number of hydrogen-bond donors (Lipinski definition) is 1. The molecule has 0 amide bonds. The molecule has 1 aliphatic rings. The van der Waals surface area contributed by atoms with Crippen LogP contribution in [0.4, 0.5) is 0 Å². The fourth-order valence-corrected chi connectivity index (χ4v) is 2.61. The van der Waals surface area contributed by atoms with Gasteiger partial charge in [0.15, 0.2) is 5.96 Å². The van der Waals surface area contributed by atoms with Gasteiger partial charge in [0.25, 0.3) is 0 Å². The Morgan fingerprint density at radius 1 is 1.35 bits per heavy atom. The number of aryl methyl sites for hydroxylation is 2. The van der Waals surface area contributed by atoms with Crippen LogP contribution in [0, 0.1) is 5.92 Å². The molecule has 1 aromatic rings. The van der Waals surface area contributed by atoms with Gasteiger partial charge in [0.1, 0.15) is 5.76 Å². The van der Waals surface area contributed by atoms with Gasteiger partial charge in [0, 0.05) is 25.1 Å². The maximum Gasteiger partial charge on any atom is 0.191 e. The van der Waals surface area contributed by atoms with Crippen molar-refractivity contribution in [2.24, 2.45) is 16.6 Å². The van der Waals surface area contributed by atoms with E-state index >= 15 is 0 Å². The van der Waals surface area contributed by atoms with Gasteiger partial charge in [0.05, 0.1) is 12.2 Å². The molecule has 5 nitrogen and oxygen atoms in total. The SMILES string of the molecule is CCc1noc(CC)c1CN=C(N)N1CCC(C)CC1. The second kappa shape index (κ2) is 6.77. The minimum absolute atomic E-state index is 0.577. The third-order valence-corrected chi connectivity index (χ3v) is 4.11. The average Bonchev–Trinajstić information content (AvgIpc) is 2.87. The lowest BCUT2D eigenvalue weighted by molar-refractivity contribution is 0.277. The molecule has 0 unspecified atom stereocenters. The van der Waals surface area contributed by atoms with Crippen molar-refractivity contribution in [3.05, 3.63) is 17.0 Å². The predicted octanol–water partition coefficient (Wildman–Crippen LogP) is 2.35. The molecule has 0 atom stereocenters. The first-order valence-electron chi connectivity index (χ1n) is 7.66. The molecule has 0 radical (unpaired) electrons. The van der Waals surface area contributed by atoms with Crippen LogP contribution < -0.4 is 5.73 Å². The monoisotopic (exact) mass is 278 g/mol. The zero-order valence-electron chi connectivity index (χ0n) is 12.9. The maximum atomic E-state index is 6.12. The van der Waals surface area contributed by atoms with E-state index in [-0.39, 0.29) is 0 Å². The molecular formula is C15H26N4O. The van der Waals surface area contributed by atoms with Crippen molar-refractivity contribution in [1.29, 1.82) is 0 Å². The van der Waals surface area contributed by atoms with E-state index in [0.717, 1.165) is 48.9 Å². The Kier molecular flexibility index (Phi) is 5.04. The summed E-state index contributed by atoms with van der Waals surface area (Å²) in [5.74, 6) is 2.39. The van der Waals surface area contributed by atoms with Crippen LogP contribution in [0.2, 0.25) is 0 Å². The Bertz CT molecular complexity index is 437. The number of nitrogens with zero attached hydrogens (tertiary/aromatic N) is 3. The molecule has 112 valence electrons. The zero-order chi connectivity index (χ0) is 14.5. The number of aliphatic imine (C=N–C) groups is 1. The molecule has 5 heteroatoms. The lowest BCUT2D eigenvalue weighted by Gasteiger charge is -2.31. The Hall–Kier alpha value is -1.52. The fraction of sp³-hybridized carbons (Fsp3) is 0.733. The minimum atomic E-state index is 0.577. The summed E-state index contributed by atoms with van der Waals surface area (Å²) in [5.41, 5.74) is 8.24. The van der Waals surface area contributed by atoms with E-state index in [1.807, 2.05) is 0 Å². The lowest BCUT2D eigenvalue weighted by Crippen LogP contribution is -2.42. The average molecular weight is 278 g/mol. The molecule has 1 aliphatic heterocycles. The van der Waals surface area contributed by atoms with Crippen molar-refractivity contribution in [1.82, 2.24) is 10.1 Å². The van der Waals surface area contributed by atoms with E-state index in [2.05, 4.69) is 35.8 Å². The summed E-state index contributed by atoms with van der Waals surface area (Å²) in [7, 11) is 0. The van der Waals surface area contributed by atoms with Crippen molar-refractivity contribution in [3.8, 4) is 0 Å². The van der Waals surface area contributed by atoms with E-state index in [4.69, 9.17) is 10.3 Å². The molecule has 0 spiro atoms. The van der Waals surface area contributed by atoms with E-state index in [0.29, 0.717) is 12.5 Å². The first-order valence-corrected chi connectivity index (χ1v) is 7.66. The van der Waals surface area contributed by atoms with Crippen molar-refractivity contribution < 1.29 is 4.52 Å². The van der Waals surface area contributed by atoms with Crippen LogP contribution in [0.5, 0.6) is 0 Å². The number of nitrogens with two attached hydrogens (primary N) is 1. The van der Waals surface area contributed by atoms with Gasteiger partial charge in [-0.05, 0) is 25.2 Å². The molecule has 2 heterocycles. The molecule has 2 rings (SSSR count). The molecule has 1 fully saturated rings. The third-order valence-electron chi connectivity index (χ3n) is 4.11. The van der Waals surface area contributed by atoms with Crippen LogP contribution in [0.15, 0.2) is 9.52 Å². The van der Waals surface area contributed by atoms with Gasteiger partial charge in [-0.3, -0.25) is 0 Å². The number of hydrogen-bond acceptors (Lipinski definition) is 3. The number of guanidine groups is 1. The first-order chi connectivity index (χ1) is 9.65. The van der Waals surface area contributed by atoms with E-state index in [1.54, 1.807) is 0 Å². The van der Waals surface area contributed by atoms with Gasteiger partial charge >= 0.3 is 0 Å². The molecule has 1 aromatic heterocycles.